The van der Waals surface area contributed by atoms with Crippen molar-refractivity contribution in [2.45, 2.75) is 45.6 Å². The smallest absolute Gasteiger partial charge is 0.326 e. The van der Waals surface area contributed by atoms with E-state index >= 15 is 0 Å². The molecule has 2 fully saturated rings. The number of carboxylic acids is 1. The molecule has 0 radical (unpaired) electrons. The Morgan fingerprint density at radius 1 is 1.16 bits per heavy atom. The van der Waals surface area contributed by atoms with Gasteiger partial charge < -0.3 is 15.7 Å². The Morgan fingerprint density at radius 2 is 1.68 bits per heavy atom. The quantitative estimate of drug-likeness (QED) is 0.659. The molecule has 1 atom stereocenters. The van der Waals surface area contributed by atoms with E-state index in [4.69, 9.17) is 5.11 Å². The second-order valence-corrected chi connectivity index (χ2v) is 6.25. The van der Waals surface area contributed by atoms with E-state index in [1.807, 2.05) is 0 Å². The highest BCUT2D eigenvalue weighted by atomic mass is 16.4. The third-order valence-electron chi connectivity index (χ3n) is 4.17. The van der Waals surface area contributed by atoms with Crippen LogP contribution in [-0.4, -0.2) is 29.7 Å². The van der Waals surface area contributed by atoms with E-state index in [2.05, 4.69) is 10.6 Å². The first-order valence-electron chi connectivity index (χ1n) is 7.26. The minimum atomic E-state index is -0.980. The molecular formula is C14H24N2O3. The van der Waals surface area contributed by atoms with Crippen LogP contribution in [0.1, 0.15) is 39.5 Å². The maximum Gasteiger partial charge on any atom is 0.326 e. The lowest BCUT2D eigenvalue weighted by atomic mass is 9.98. The molecule has 0 aromatic carbocycles. The van der Waals surface area contributed by atoms with Gasteiger partial charge in [0.25, 0.3) is 0 Å². The summed E-state index contributed by atoms with van der Waals surface area (Å²) in [6.07, 6.45) is 5.14. The number of carbonyl (C=O) groups excluding carboxylic acids is 1. The van der Waals surface area contributed by atoms with E-state index in [1.165, 1.54) is 25.7 Å². The molecule has 19 heavy (non-hydrogen) atoms. The van der Waals surface area contributed by atoms with Crippen LogP contribution in [0, 0.1) is 23.7 Å². The summed E-state index contributed by atoms with van der Waals surface area (Å²) in [4.78, 5) is 22.8. The van der Waals surface area contributed by atoms with Crippen LogP contribution in [-0.2, 0) is 4.79 Å². The molecule has 0 bridgehead atoms. The van der Waals surface area contributed by atoms with E-state index in [9.17, 15) is 9.59 Å². The molecule has 0 aliphatic heterocycles. The second kappa shape index (κ2) is 5.80. The highest BCUT2D eigenvalue weighted by Crippen LogP contribution is 2.48. The van der Waals surface area contributed by atoms with Crippen LogP contribution in [0.4, 0.5) is 4.79 Å². The largest absolute Gasteiger partial charge is 0.480 e. The Balaban J connectivity index is 1.75. The van der Waals surface area contributed by atoms with Crippen molar-refractivity contribution in [3.63, 3.8) is 0 Å². The third kappa shape index (κ3) is 4.11. The number of carbonyl (C=O) groups is 2. The number of nitrogens with one attached hydrogen (secondary N) is 2. The van der Waals surface area contributed by atoms with Crippen LogP contribution in [0.2, 0.25) is 0 Å². The van der Waals surface area contributed by atoms with E-state index < -0.39 is 12.0 Å². The minimum absolute atomic E-state index is 0.120. The first-order valence-corrected chi connectivity index (χ1v) is 7.26. The number of aliphatic carboxylic acids is 1. The van der Waals surface area contributed by atoms with Gasteiger partial charge in [-0.3, -0.25) is 0 Å². The predicted molar refractivity (Wildman–Crippen MR) is 71.7 cm³/mol. The first-order chi connectivity index (χ1) is 8.99. The molecule has 0 saturated heterocycles. The van der Waals surface area contributed by atoms with Gasteiger partial charge in [0.05, 0.1) is 0 Å². The number of hydrogen-bond donors (Lipinski definition) is 3. The number of urea groups is 1. The van der Waals surface area contributed by atoms with Crippen molar-refractivity contribution < 1.29 is 14.7 Å². The number of hydrogen-bond acceptors (Lipinski definition) is 2. The highest BCUT2D eigenvalue weighted by Gasteiger charge is 2.41. The summed E-state index contributed by atoms with van der Waals surface area (Å²) in [5.74, 6) is 1.08. The summed E-state index contributed by atoms with van der Waals surface area (Å²) in [6.45, 7) is 4.26. The molecule has 0 aromatic rings. The van der Waals surface area contributed by atoms with Crippen LogP contribution < -0.4 is 10.6 Å². The van der Waals surface area contributed by atoms with E-state index in [0.29, 0.717) is 12.5 Å². The Kier molecular flexibility index (Phi) is 4.32. The first kappa shape index (κ1) is 14.2. The van der Waals surface area contributed by atoms with E-state index in [0.717, 1.165) is 11.8 Å². The van der Waals surface area contributed by atoms with Gasteiger partial charge in [-0.15, -0.1) is 0 Å². The van der Waals surface area contributed by atoms with Gasteiger partial charge >= 0.3 is 12.0 Å². The molecule has 2 aliphatic rings. The number of rotatable bonds is 7. The maximum absolute atomic E-state index is 11.8. The second-order valence-electron chi connectivity index (χ2n) is 6.25. The molecule has 1 unspecified atom stereocenters. The SMILES string of the molecule is CC(C)C(NC(=O)NCC(C1CC1)C1CC1)C(=O)O. The van der Waals surface area contributed by atoms with Crippen molar-refractivity contribution >= 4 is 12.0 Å². The van der Waals surface area contributed by atoms with Crippen molar-refractivity contribution in [3.8, 4) is 0 Å². The highest BCUT2D eigenvalue weighted by molar-refractivity contribution is 5.82. The molecule has 2 aliphatic carbocycles. The van der Waals surface area contributed by atoms with Crippen LogP contribution in [0.5, 0.6) is 0 Å². The molecule has 2 amide bonds. The van der Waals surface area contributed by atoms with E-state index in [-0.39, 0.29) is 11.9 Å². The van der Waals surface area contributed by atoms with Gasteiger partial charge in [-0.05, 0) is 49.4 Å². The third-order valence-corrected chi connectivity index (χ3v) is 4.17. The van der Waals surface area contributed by atoms with Crippen molar-refractivity contribution in [2.24, 2.45) is 23.7 Å². The molecule has 108 valence electrons. The minimum Gasteiger partial charge on any atom is -0.480 e. The van der Waals surface area contributed by atoms with Gasteiger partial charge in [-0.2, -0.15) is 0 Å². The Bertz CT molecular complexity index is 337. The lowest BCUT2D eigenvalue weighted by Gasteiger charge is -2.20. The van der Waals surface area contributed by atoms with Crippen LogP contribution in [0.25, 0.3) is 0 Å². The molecule has 5 heteroatoms. The van der Waals surface area contributed by atoms with Crippen molar-refractivity contribution in [2.75, 3.05) is 6.54 Å². The fraction of sp³-hybridized carbons (Fsp3) is 0.857. The van der Waals surface area contributed by atoms with Gasteiger partial charge in [-0.25, -0.2) is 9.59 Å². The average molecular weight is 268 g/mol. The normalized spacial score (nSPS) is 20.4. The summed E-state index contributed by atoms with van der Waals surface area (Å²) >= 11 is 0. The zero-order valence-electron chi connectivity index (χ0n) is 11.7. The zero-order chi connectivity index (χ0) is 14.0. The van der Waals surface area contributed by atoms with Crippen LogP contribution in [0.15, 0.2) is 0 Å². The number of amides is 2. The molecule has 2 saturated carbocycles. The Morgan fingerprint density at radius 3 is 2.05 bits per heavy atom. The van der Waals surface area contributed by atoms with Gasteiger partial charge in [0.15, 0.2) is 0 Å². The molecule has 2 rings (SSSR count). The Hall–Kier alpha value is -1.26. The lowest BCUT2D eigenvalue weighted by Crippen LogP contribution is -2.49. The summed E-state index contributed by atoms with van der Waals surface area (Å²) in [7, 11) is 0. The predicted octanol–water partition coefficient (Wildman–Crippen LogP) is 1.83. The summed E-state index contributed by atoms with van der Waals surface area (Å²) in [5, 5.41) is 14.4. The molecule has 5 nitrogen and oxygen atoms in total. The maximum atomic E-state index is 11.8. The average Bonchev–Trinajstić information content (AvgIpc) is 3.17. The van der Waals surface area contributed by atoms with E-state index in [1.54, 1.807) is 13.8 Å². The van der Waals surface area contributed by atoms with Crippen molar-refractivity contribution in [1.82, 2.24) is 10.6 Å². The molecule has 3 N–H and O–H groups in total. The van der Waals surface area contributed by atoms with Gasteiger partial charge in [0.2, 0.25) is 0 Å². The van der Waals surface area contributed by atoms with Gasteiger partial charge in [-0.1, -0.05) is 13.8 Å². The lowest BCUT2D eigenvalue weighted by molar-refractivity contribution is -0.140. The molecular weight excluding hydrogens is 244 g/mol. The summed E-state index contributed by atoms with van der Waals surface area (Å²) < 4.78 is 0. The summed E-state index contributed by atoms with van der Waals surface area (Å²) in [5.41, 5.74) is 0. The summed E-state index contributed by atoms with van der Waals surface area (Å²) in [6, 6.07) is -1.17. The van der Waals surface area contributed by atoms with Gasteiger partial charge in [0, 0.05) is 6.54 Å². The molecule has 0 spiro atoms. The topological polar surface area (TPSA) is 78.4 Å². The molecule has 0 aromatic heterocycles. The van der Waals surface area contributed by atoms with Crippen LogP contribution in [0.3, 0.4) is 0 Å². The van der Waals surface area contributed by atoms with Gasteiger partial charge in [0.1, 0.15) is 6.04 Å². The standard InChI is InChI=1S/C14H24N2O3/c1-8(2)12(13(17)18)16-14(19)15-7-11(9-3-4-9)10-5-6-10/h8-12H,3-7H2,1-2H3,(H,17,18)(H2,15,16,19). The monoisotopic (exact) mass is 268 g/mol. The zero-order valence-corrected chi connectivity index (χ0v) is 11.7. The fourth-order valence-electron chi connectivity index (χ4n) is 2.68. The van der Waals surface area contributed by atoms with Crippen LogP contribution >= 0.6 is 0 Å². The molecule has 0 heterocycles. The Labute approximate surface area is 114 Å². The fourth-order valence-corrected chi connectivity index (χ4v) is 2.68. The van der Waals surface area contributed by atoms with Crippen molar-refractivity contribution in [1.29, 1.82) is 0 Å². The number of carboxylic acid groups (broad SMARTS) is 1. The van der Waals surface area contributed by atoms with Crippen molar-refractivity contribution in [3.05, 3.63) is 0 Å².